The number of carbonyl (C=O) groups is 4. The number of amides is 3. The largest absolute Gasteiger partial charge is 0.491 e. The van der Waals surface area contributed by atoms with Crippen LogP contribution in [0.5, 0.6) is 5.75 Å². The Morgan fingerprint density at radius 3 is 2.11 bits per heavy atom. The van der Waals surface area contributed by atoms with E-state index >= 15 is 19.2 Å². The van der Waals surface area contributed by atoms with E-state index in [-0.39, 0.29) is 36.8 Å². The Labute approximate surface area is 456 Å². The minimum Gasteiger partial charge on any atom is -0.491 e. The van der Waals surface area contributed by atoms with Crippen molar-refractivity contribution >= 4 is 46.6 Å². The zero-order valence-corrected chi connectivity index (χ0v) is 43.3. The molecule has 5 aliphatic rings. The number of carbonyl (C=O) groups excluding carboxylic acids is 4. The summed E-state index contributed by atoms with van der Waals surface area (Å²) in [5, 5.41) is 36.2. The van der Waals surface area contributed by atoms with Gasteiger partial charge in [0.25, 0.3) is 5.69 Å². The number of hydrogen-bond donors (Lipinski definition) is 3. The maximum Gasteiger partial charge on any atom is 0.421 e. The highest BCUT2D eigenvalue weighted by atomic mass is 16.6. The van der Waals surface area contributed by atoms with Crippen LogP contribution < -0.4 is 19.9 Å². The van der Waals surface area contributed by atoms with Crippen LogP contribution in [-0.4, -0.2) is 95.1 Å². The van der Waals surface area contributed by atoms with Crippen molar-refractivity contribution in [3.05, 3.63) is 195 Å². The minimum absolute atomic E-state index is 0.000987. The van der Waals surface area contributed by atoms with Crippen LogP contribution >= 0.6 is 0 Å². The standard InChI is InChI=1S/C62H59N5O12/c68-35-38-77-49-26-18-45(19-27-49)56-62(50-39-41(29-32-61(73)30-9-1-2-10-31-61)17-28-51(50)65(59(62)71)60(72)78-40-42-15-22-48(23-16-42)67(74)75)52(57(69)63-46-20-24-47(25-21-46)64-33-36-76-37-34-64)54-58(70)79-55(44-13-7-4-8-14-44)53(66(54)56)43-11-5-3-6-12-43/h3-8,11-28,39,52-56,68,73H,1-2,9-10,30-31,33-38,40H2,(H,63,69)/t52-,53-,54-,55+,56+,62-/m1/s1. The van der Waals surface area contributed by atoms with Crippen molar-refractivity contribution in [2.24, 2.45) is 5.92 Å². The highest BCUT2D eigenvalue weighted by molar-refractivity contribution is 6.24. The van der Waals surface area contributed by atoms with Gasteiger partial charge >= 0.3 is 12.1 Å². The number of nitrogens with zero attached hydrogens (tertiary/aromatic N) is 4. The van der Waals surface area contributed by atoms with Gasteiger partial charge in [-0.15, -0.1) is 0 Å². The first-order valence-electron chi connectivity index (χ1n) is 26.8. The van der Waals surface area contributed by atoms with Crippen molar-refractivity contribution in [2.75, 3.05) is 54.6 Å². The fourth-order valence-electron chi connectivity index (χ4n) is 12.2. The average molecular weight is 1070 g/mol. The lowest BCUT2D eigenvalue weighted by atomic mass is 9.65. The number of benzene rings is 6. The number of morpholine rings is 2. The van der Waals surface area contributed by atoms with Crippen LogP contribution in [0.2, 0.25) is 0 Å². The lowest BCUT2D eigenvalue weighted by Gasteiger charge is -2.46. The Kier molecular flexibility index (Phi) is 15.0. The second kappa shape index (κ2) is 22.5. The molecule has 17 heteroatoms. The van der Waals surface area contributed by atoms with Gasteiger partial charge in [0.1, 0.15) is 42.1 Å². The summed E-state index contributed by atoms with van der Waals surface area (Å²) in [7, 11) is 0. The number of ether oxygens (including phenoxy) is 4. The predicted molar refractivity (Wildman–Crippen MR) is 292 cm³/mol. The topological polar surface area (TPSA) is 211 Å². The third-order valence-corrected chi connectivity index (χ3v) is 15.9. The molecule has 6 aromatic carbocycles. The summed E-state index contributed by atoms with van der Waals surface area (Å²) in [6.45, 7) is 1.85. The van der Waals surface area contributed by atoms with Gasteiger partial charge in [0.2, 0.25) is 11.8 Å². The Balaban J connectivity index is 1.14. The van der Waals surface area contributed by atoms with Gasteiger partial charge in [0.05, 0.1) is 48.4 Å². The van der Waals surface area contributed by atoms with Gasteiger partial charge in [-0.2, -0.15) is 0 Å². The van der Waals surface area contributed by atoms with E-state index in [0.717, 1.165) is 36.3 Å². The van der Waals surface area contributed by atoms with E-state index in [2.05, 4.69) is 22.1 Å². The molecule has 404 valence electrons. The van der Waals surface area contributed by atoms with Crippen LogP contribution in [0.25, 0.3) is 0 Å². The third kappa shape index (κ3) is 10.2. The molecule has 0 radical (unpaired) electrons. The number of nitro benzene ring substituents is 1. The first-order chi connectivity index (χ1) is 38.5. The fourth-order valence-corrected chi connectivity index (χ4v) is 12.2. The Morgan fingerprint density at radius 1 is 0.785 bits per heavy atom. The van der Waals surface area contributed by atoms with Gasteiger partial charge in [0, 0.05) is 42.2 Å². The molecule has 79 heavy (non-hydrogen) atoms. The number of nitro groups is 1. The van der Waals surface area contributed by atoms with Gasteiger partial charge < -0.3 is 39.4 Å². The SMILES string of the molecule is O=C1O[C@@H](c2ccccc2)[C@@H](c2ccccc2)N2[C@@H](c3ccc(OCCO)cc3)[C@]3(C(=O)N(C(=O)OCc4ccc([N+](=O)[O-])cc4)c4ccc(C#CC5(O)CCCCCC5)cc43)[C@@H](C(=O)Nc3ccc(N4CCOCC4)cc3)[C@H]12. The summed E-state index contributed by atoms with van der Waals surface area (Å²) >= 11 is 0. The van der Waals surface area contributed by atoms with Crippen molar-refractivity contribution < 1.29 is 53.3 Å². The van der Waals surface area contributed by atoms with Crippen LogP contribution in [0.4, 0.5) is 27.5 Å². The maximum atomic E-state index is 16.8. The highest BCUT2D eigenvalue weighted by Gasteiger charge is 2.76. The number of hydrogen-bond acceptors (Lipinski definition) is 14. The number of aliphatic hydroxyl groups is 2. The molecule has 4 fully saturated rings. The molecule has 4 aliphatic heterocycles. The summed E-state index contributed by atoms with van der Waals surface area (Å²) in [6, 6.07) is 39.7. The van der Waals surface area contributed by atoms with Crippen molar-refractivity contribution in [3.63, 3.8) is 0 Å². The second-order valence-electron chi connectivity index (χ2n) is 20.6. The maximum absolute atomic E-state index is 16.8. The van der Waals surface area contributed by atoms with E-state index in [4.69, 9.17) is 18.9 Å². The fraction of sp³-hybridized carbons (Fsp3) is 0.323. The van der Waals surface area contributed by atoms with Crippen molar-refractivity contribution in [1.29, 1.82) is 0 Å². The normalized spacial score (nSPS) is 23.3. The summed E-state index contributed by atoms with van der Waals surface area (Å²) in [6.07, 6.45) is 2.38. The minimum atomic E-state index is -2.17. The van der Waals surface area contributed by atoms with E-state index in [1.165, 1.54) is 24.3 Å². The Morgan fingerprint density at radius 2 is 1.46 bits per heavy atom. The van der Waals surface area contributed by atoms with E-state index in [1.54, 1.807) is 54.6 Å². The first kappa shape index (κ1) is 52.6. The molecule has 1 aliphatic carbocycles. The van der Waals surface area contributed by atoms with E-state index in [9.17, 15) is 20.3 Å². The molecule has 3 saturated heterocycles. The number of nitrogens with one attached hydrogen (secondary N) is 1. The lowest BCUT2D eigenvalue weighted by Crippen LogP contribution is -2.54. The van der Waals surface area contributed by atoms with Crippen molar-refractivity contribution in [1.82, 2.24) is 4.90 Å². The Bertz CT molecular complexity index is 3280. The summed E-state index contributed by atoms with van der Waals surface area (Å²) in [5.41, 5.74) is 0.545. The zero-order chi connectivity index (χ0) is 54.7. The quantitative estimate of drug-likeness (QED) is 0.0344. The smallest absolute Gasteiger partial charge is 0.421 e. The summed E-state index contributed by atoms with van der Waals surface area (Å²) < 4.78 is 24.0. The molecule has 4 heterocycles. The van der Waals surface area contributed by atoms with Gasteiger partial charge in [-0.3, -0.25) is 29.4 Å². The van der Waals surface area contributed by atoms with Crippen LogP contribution in [0, 0.1) is 27.9 Å². The highest BCUT2D eigenvalue weighted by Crippen LogP contribution is 2.66. The van der Waals surface area contributed by atoms with Gasteiger partial charge in [-0.1, -0.05) is 97.5 Å². The van der Waals surface area contributed by atoms with Crippen LogP contribution in [0.3, 0.4) is 0 Å². The Hall–Kier alpha value is -8.40. The number of anilines is 3. The molecule has 6 aromatic rings. The van der Waals surface area contributed by atoms with Crippen molar-refractivity contribution in [2.45, 2.75) is 80.4 Å². The number of esters is 1. The van der Waals surface area contributed by atoms with Crippen LogP contribution in [0.15, 0.2) is 152 Å². The molecule has 17 nitrogen and oxygen atoms in total. The molecule has 3 N–H and O–H groups in total. The average Bonchev–Trinajstić information content (AvgIpc) is 2.12. The molecule has 0 bridgehead atoms. The molecule has 0 unspecified atom stereocenters. The molecular weight excluding hydrogens is 1010 g/mol. The monoisotopic (exact) mass is 1070 g/mol. The molecule has 1 saturated carbocycles. The molecule has 0 aromatic heterocycles. The van der Waals surface area contributed by atoms with E-state index in [1.807, 2.05) is 77.7 Å². The molecule has 11 rings (SSSR count). The van der Waals surface area contributed by atoms with Crippen LogP contribution in [-0.2, 0) is 40.6 Å². The van der Waals surface area contributed by atoms with Crippen molar-refractivity contribution in [3.8, 4) is 17.6 Å². The van der Waals surface area contributed by atoms with E-state index < -0.39 is 70.0 Å². The first-order valence-corrected chi connectivity index (χ1v) is 26.8. The summed E-state index contributed by atoms with van der Waals surface area (Å²) in [5.74, 6) is 2.76. The number of rotatable bonds is 12. The number of aliphatic hydroxyl groups excluding tert-OH is 1. The lowest BCUT2D eigenvalue weighted by molar-refractivity contribution is -0.384. The van der Waals surface area contributed by atoms with E-state index in [0.29, 0.717) is 78.4 Å². The van der Waals surface area contributed by atoms with Gasteiger partial charge in [0.15, 0.2) is 0 Å². The van der Waals surface area contributed by atoms with Gasteiger partial charge in [-0.05, 0) is 120 Å². The molecule has 3 amide bonds. The molecular formula is C62H59N5O12. The number of fused-ring (bicyclic) bond motifs is 3. The third-order valence-electron chi connectivity index (χ3n) is 15.9. The zero-order valence-electron chi connectivity index (χ0n) is 43.3. The predicted octanol–water partition coefficient (Wildman–Crippen LogP) is 8.88. The number of cyclic esters (lactones) is 1. The molecule has 6 atom stereocenters. The number of imide groups is 1. The van der Waals surface area contributed by atoms with Gasteiger partial charge in [-0.25, -0.2) is 9.69 Å². The second-order valence-corrected chi connectivity index (χ2v) is 20.6. The molecule has 1 spiro atoms. The number of non-ortho nitro benzene ring substituents is 1. The summed E-state index contributed by atoms with van der Waals surface area (Å²) in [4.78, 5) is 79.8. The van der Waals surface area contributed by atoms with Crippen LogP contribution in [0.1, 0.15) is 90.1 Å².